The van der Waals surface area contributed by atoms with Crippen LogP contribution in [-0.4, -0.2) is 37.9 Å². The Labute approximate surface area is 150 Å². The molecule has 1 saturated heterocycles. The maximum Gasteiger partial charge on any atom is 0.297 e. The molecule has 140 valence electrons. The van der Waals surface area contributed by atoms with Crippen LogP contribution < -0.4 is 0 Å². The van der Waals surface area contributed by atoms with Gasteiger partial charge in [0.1, 0.15) is 6.10 Å². The number of benzene rings is 1. The molecule has 1 aliphatic rings. The van der Waals surface area contributed by atoms with Crippen molar-refractivity contribution in [1.29, 1.82) is 0 Å². The summed E-state index contributed by atoms with van der Waals surface area (Å²) < 4.78 is 35.1. The van der Waals surface area contributed by atoms with Crippen LogP contribution in [-0.2, 0) is 19.0 Å². The summed E-state index contributed by atoms with van der Waals surface area (Å²) in [6, 6.07) is 6.57. The van der Waals surface area contributed by atoms with Crippen molar-refractivity contribution < 1.29 is 22.4 Å². The molecule has 6 heteroatoms. The SMILES string of the molecule is CC[C@H](O)[C@@H](C)C=CC[C@@]1(C)O[C@@H]1COS(=O)(=O)c1ccc(C)cc1. The van der Waals surface area contributed by atoms with Gasteiger partial charge in [-0.25, -0.2) is 0 Å². The third-order valence-corrected chi connectivity index (χ3v) is 6.00. The van der Waals surface area contributed by atoms with Gasteiger partial charge in [0.2, 0.25) is 0 Å². The summed E-state index contributed by atoms with van der Waals surface area (Å²) in [6.07, 6.45) is 4.74. The number of hydrogen-bond donors (Lipinski definition) is 1. The molecule has 2 rings (SSSR count). The van der Waals surface area contributed by atoms with Crippen molar-refractivity contribution in [2.75, 3.05) is 6.61 Å². The topological polar surface area (TPSA) is 76.1 Å². The molecule has 1 fully saturated rings. The number of aliphatic hydroxyl groups is 1. The predicted molar refractivity (Wildman–Crippen MR) is 96.8 cm³/mol. The van der Waals surface area contributed by atoms with Crippen molar-refractivity contribution in [2.45, 2.75) is 63.2 Å². The van der Waals surface area contributed by atoms with Gasteiger partial charge in [0.05, 0.1) is 23.2 Å². The Kier molecular flexibility index (Phi) is 6.43. The lowest BCUT2D eigenvalue weighted by molar-refractivity contribution is 0.133. The number of aryl methyl sites for hydroxylation is 1. The second-order valence-corrected chi connectivity index (χ2v) is 8.55. The number of hydrogen-bond acceptors (Lipinski definition) is 5. The van der Waals surface area contributed by atoms with Gasteiger partial charge in [0.25, 0.3) is 10.1 Å². The molecule has 1 aliphatic heterocycles. The molecule has 1 aromatic rings. The maximum absolute atomic E-state index is 12.2. The van der Waals surface area contributed by atoms with E-state index in [0.717, 1.165) is 5.56 Å². The number of rotatable bonds is 9. The van der Waals surface area contributed by atoms with E-state index in [1.807, 2.05) is 39.8 Å². The minimum absolute atomic E-state index is 0.00763. The van der Waals surface area contributed by atoms with Crippen molar-refractivity contribution in [3.63, 3.8) is 0 Å². The Morgan fingerprint density at radius 3 is 2.60 bits per heavy atom. The quantitative estimate of drug-likeness (QED) is 0.411. The maximum atomic E-state index is 12.2. The Morgan fingerprint density at radius 1 is 1.36 bits per heavy atom. The molecular weight excluding hydrogens is 340 g/mol. The number of aliphatic hydroxyl groups excluding tert-OH is 1. The van der Waals surface area contributed by atoms with Gasteiger partial charge in [-0.15, -0.1) is 0 Å². The van der Waals surface area contributed by atoms with E-state index in [1.165, 1.54) is 0 Å². The van der Waals surface area contributed by atoms with Gasteiger partial charge in [-0.1, -0.05) is 43.7 Å². The number of epoxide rings is 1. The summed E-state index contributed by atoms with van der Waals surface area (Å²) in [6.45, 7) is 7.75. The Bertz CT molecular complexity index is 695. The highest BCUT2D eigenvalue weighted by Gasteiger charge is 2.51. The molecule has 1 aromatic carbocycles. The first-order valence-corrected chi connectivity index (χ1v) is 10.1. The van der Waals surface area contributed by atoms with Crippen molar-refractivity contribution >= 4 is 10.1 Å². The average Bonchev–Trinajstić information content (AvgIpc) is 3.23. The van der Waals surface area contributed by atoms with E-state index >= 15 is 0 Å². The van der Waals surface area contributed by atoms with E-state index in [-0.39, 0.29) is 29.6 Å². The van der Waals surface area contributed by atoms with Crippen molar-refractivity contribution in [3.05, 3.63) is 42.0 Å². The fraction of sp³-hybridized carbons (Fsp3) is 0.579. The lowest BCUT2D eigenvalue weighted by Gasteiger charge is -2.12. The summed E-state index contributed by atoms with van der Waals surface area (Å²) in [5, 5.41) is 9.75. The molecule has 4 atom stereocenters. The zero-order valence-electron chi connectivity index (χ0n) is 15.3. The van der Waals surface area contributed by atoms with Crippen LogP contribution in [0.5, 0.6) is 0 Å². The van der Waals surface area contributed by atoms with Crippen LogP contribution in [0.3, 0.4) is 0 Å². The molecule has 25 heavy (non-hydrogen) atoms. The number of ether oxygens (including phenoxy) is 1. The summed E-state index contributed by atoms with van der Waals surface area (Å²) >= 11 is 0. The van der Waals surface area contributed by atoms with Crippen molar-refractivity contribution in [3.8, 4) is 0 Å². The first-order valence-electron chi connectivity index (χ1n) is 8.66. The molecule has 0 aromatic heterocycles. The molecule has 0 spiro atoms. The minimum Gasteiger partial charge on any atom is -0.393 e. The molecule has 1 heterocycles. The third kappa shape index (κ3) is 5.38. The van der Waals surface area contributed by atoms with E-state index in [2.05, 4.69) is 0 Å². The Hall–Kier alpha value is -1.21. The van der Waals surface area contributed by atoms with Crippen LogP contribution in [0.15, 0.2) is 41.3 Å². The highest BCUT2D eigenvalue weighted by atomic mass is 32.2. The smallest absolute Gasteiger partial charge is 0.297 e. The van der Waals surface area contributed by atoms with E-state index in [0.29, 0.717) is 12.8 Å². The Morgan fingerprint density at radius 2 is 2.00 bits per heavy atom. The van der Waals surface area contributed by atoms with Gasteiger partial charge in [-0.05, 0) is 44.7 Å². The van der Waals surface area contributed by atoms with E-state index < -0.39 is 15.7 Å². The molecule has 0 saturated carbocycles. The van der Waals surface area contributed by atoms with E-state index in [9.17, 15) is 13.5 Å². The van der Waals surface area contributed by atoms with Gasteiger partial charge < -0.3 is 9.84 Å². The first-order chi connectivity index (χ1) is 11.7. The molecule has 0 radical (unpaired) electrons. The third-order valence-electron chi connectivity index (χ3n) is 4.71. The molecule has 0 amide bonds. The summed E-state index contributed by atoms with van der Waals surface area (Å²) in [5.74, 6) is 0.0870. The van der Waals surface area contributed by atoms with Crippen LogP contribution in [0.25, 0.3) is 0 Å². The summed E-state index contributed by atoms with van der Waals surface area (Å²) in [4.78, 5) is 0.155. The fourth-order valence-corrected chi connectivity index (χ4v) is 3.53. The fourth-order valence-electron chi connectivity index (χ4n) is 2.62. The minimum atomic E-state index is -3.76. The average molecular weight is 368 g/mol. The van der Waals surface area contributed by atoms with Gasteiger partial charge in [0.15, 0.2) is 0 Å². The molecular formula is C19H28O5S. The second kappa shape index (κ2) is 7.99. The molecule has 0 unspecified atom stereocenters. The molecule has 1 N–H and O–H groups in total. The highest BCUT2D eigenvalue weighted by Crippen LogP contribution is 2.40. The van der Waals surface area contributed by atoms with E-state index in [1.54, 1.807) is 24.3 Å². The zero-order valence-corrected chi connectivity index (χ0v) is 16.1. The summed E-state index contributed by atoms with van der Waals surface area (Å²) in [7, 11) is -3.76. The largest absolute Gasteiger partial charge is 0.393 e. The van der Waals surface area contributed by atoms with Crippen molar-refractivity contribution in [2.24, 2.45) is 5.92 Å². The van der Waals surface area contributed by atoms with E-state index in [4.69, 9.17) is 8.92 Å². The zero-order chi connectivity index (χ0) is 18.7. The van der Waals surface area contributed by atoms with Gasteiger partial charge >= 0.3 is 0 Å². The Balaban J connectivity index is 1.83. The lowest BCUT2D eigenvalue weighted by atomic mass is 9.99. The van der Waals surface area contributed by atoms with Gasteiger partial charge in [-0.2, -0.15) is 8.42 Å². The first kappa shape index (κ1) is 20.1. The predicted octanol–water partition coefficient (Wildman–Crippen LogP) is 3.21. The van der Waals surface area contributed by atoms with Crippen LogP contribution in [0.4, 0.5) is 0 Å². The van der Waals surface area contributed by atoms with Crippen LogP contribution >= 0.6 is 0 Å². The van der Waals surface area contributed by atoms with Crippen LogP contribution in [0, 0.1) is 12.8 Å². The second-order valence-electron chi connectivity index (χ2n) is 6.94. The lowest BCUT2D eigenvalue weighted by Crippen LogP contribution is -2.17. The molecule has 0 bridgehead atoms. The summed E-state index contributed by atoms with van der Waals surface area (Å²) in [5.41, 5.74) is 0.585. The highest BCUT2D eigenvalue weighted by molar-refractivity contribution is 7.86. The molecule has 5 nitrogen and oxygen atoms in total. The van der Waals surface area contributed by atoms with Crippen LogP contribution in [0.1, 0.15) is 39.2 Å². The monoisotopic (exact) mass is 368 g/mol. The normalized spacial score (nSPS) is 25.9. The molecule has 0 aliphatic carbocycles. The van der Waals surface area contributed by atoms with Gasteiger partial charge in [-0.3, -0.25) is 4.18 Å². The van der Waals surface area contributed by atoms with Crippen LogP contribution in [0.2, 0.25) is 0 Å². The standard InChI is InChI=1S/C19H28O5S/c1-5-17(20)15(3)7-6-12-19(4)18(24-19)13-23-25(21,22)16-10-8-14(2)9-11-16/h6-11,15,17-18,20H,5,12-13H2,1-4H3/t15-,17-,18+,19+/m0/s1. The van der Waals surface area contributed by atoms with Gasteiger partial charge in [0, 0.05) is 0 Å². The van der Waals surface area contributed by atoms with Crippen molar-refractivity contribution in [1.82, 2.24) is 0 Å².